The Hall–Kier alpha value is -1.91. The molecule has 1 heterocycles. The Morgan fingerprint density at radius 1 is 1.45 bits per heavy atom. The highest BCUT2D eigenvalue weighted by Crippen LogP contribution is 2.41. The fourth-order valence-corrected chi connectivity index (χ4v) is 2.34. The average molecular weight is 278 g/mol. The largest absolute Gasteiger partial charge is 0.490 e. The zero-order valence-electron chi connectivity index (χ0n) is 12.1. The number of para-hydroxylation sites is 1. The van der Waals surface area contributed by atoms with Crippen LogP contribution in [0.25, 0.3) is 0 Å². The second kappa shape index (κ2) is 6.03. The van der Waals surface area contributed by atoms with Crippen LogP contribution in [0.1, 0.15) is 38.7 Å². The number of rotatable bonds is 6. The molecule has 110 valence electrons. The Morgan fingerprint density at radius 3 is 3.00 bits per heavy atom. The molecule has 5 nitrogen and oxygen atoms in total. The van der Waals surface area contributed by atoms with Crippen LogP contribution >= 0.6 is 0 Å². The Labute approximate surface area is 119 Å². The molecule has 0 aliphatic carbocycles. The van der Waals surface area contributed by atoms with E-state index in [1.807, 2.05) is 12.1 Å². The second-order valence-corrected chi connectivity index (χ2v) is 5.68. The molecule has 0 atom stereocenters. The molecule has 0 bridgehead atoms. The zero-order chi connectivity index (χ0) is 14.6. The highest BCUT2D eigenvalue weighted by molar-refractivity contribution is 5.79. The zero-order valence-corrected chi connectivity index (χ0v) is 12.1. The Morgan fingerprint density at radius 2 is 2.25 bits per heavy atom. The van der Waals surface area contributed by atoms with Gasteiger partial charge in [0, 0.05) is 18.4 Å². The molecule has 3 N–H and O–H groups in total. The van der Waals surface area contributed by atoms with E-state index in [4.69, 9.17) is 20.4 Å². The van der Waals surface area contributed by atoms with Gasteiger partial charge in [0.2, 0.25) is 0 Å². The lowest BCUT2D eigenvalue weighted by molar-refractivity contribution is 0.132. The Balaban J connectivity index is 1.85. The van der Waals surface area contributed by atoms with Crippen LogP contribution in [0.5, 0.6) is 11.5 Å². The number of nitrogens with two attached hydrogens (primary N) is 1. The molecule has 0 fully saturated rings. The Kier molecular flexibility index (Phi) is 4.37. The van der Waals surface area contributed by atoms with E-state index < -0.39 is 0 Å². The predicted molar refractivity (Wildman–Crippen MR) is 77.6 cm³/mol. The van der Waals surface area contributed by atoms with Gasteiger partial charge in [-0.1, -0.05) is 17.3 Å². The molecule has 5 heteroatoms. The van der Waals surface area contributed by atoms with Gasteiger partial charge in [-0.05, 0) is 32.8 Å². The molecule has 0 unspecified atom stereocenters. The van der Waals surface area contributed by atoms with Gasteiger partial charge in [-0.3, -0.25) is 0 Å². The van der Waals surface area contributed by atoms with E-state index in [1.165, 1.54) is 5.56 Å². The molecule has 0 amide bonds. The predicted octanol–water partition coefficient (Wildman–Crippen LogP) is 2.70. The molecule has 0 saturated heterocycles. The van der Waals surface area contributed by atoms with Crippen molar-refractivity contribution in [2.24, 2.45) is 10.9 Å². The van der Waals surface area contributed by atoms with Crippen molar-refractivity contribution < 1.29 is 14.7 Å². The molecule has 1 aromatic carbocycles. The minimum absolute atomic E-state index is 0.159. The molecular weight excluding hydrogens is 256 g/mol. The first-order valence-corrected chi connectivity index (χ1v) is 6.92. The maximum atomic E-state index is 8.44. The summed E-state index contributed by atoms with van der Waals surface area (Å²) in [5.41, 5.74) is 6.45. The summed E-state index contributed by atoms with van der Waals surface area (Å²) in [4.78, 5) is 0. The number of unbranched alkanes of at least 4 members (excludes halogenated alkanes) is 1. The van der Waals surface area contributed by atoms with E-state index in [1.54, 1.807) is 0 Å². The molecule has 0 spiro atoms. The summed E-state index contributed by atoms with van der Waals surface area (Å²) in [5.74, 6) is 1.93. The fraction of sp³-hybridized carbons (Fsp3) is 0.533. The van der Waals surface area contributed by atoms with Crippen LogP contribution in [-0.4, -0.2) is 23.3 Å². The number of oxime groups is 1. The molecule has 1 aromatic rings. The maximum absolute atomic E-state index is 8.44. The van der Waals surface area contributed by atoms with Gasteiger partial charge in [0.25, 0.3) is 0 Å². The summed E-state index contributed by atoms with van der Waals surface area (Å²) in [6, 6.07) is 6.01. The summed E-state index contributed by atoms with van der Waals surface area (Å²) in [6.07, 6.45) is 3.17. The van der Waals surface area contributed by atoms with Gasteiger partial charge in [0.1, 0.15) is 11.4 Å². The molecule has 1 aliphatic rings. The van der Waals surface area contributed by atoms with Crippen molar-refractivity contribution in [2.75, 3.05) is 6.61 Å². The molecule has 0 saturated carbocycles. The first kappa shape index (κ1) is 14.5. The maximum Gasteiger partial charge on any atom is 0.165 e. The van der Waals surface area contributed by atoms with Gasteiger partial charge >= 0.3 is 0 Å². The third-order valence-corrected chi connectivity index (χ3v) is 3.27. The van der Waals surface area contributed by atoms with Gasteiger partial charge < -0.3 is 20.4 Å². The number of fused-ring (bicyclic) bond motifs is 1. The number of amidine groups is 1. The number of hydrogen-bond donors (Lipinski definition) is 2. The van der Waals surface area contributed by atoms with E-state index in [9.17, 15) is 0 Å². The summed E-state index contributed by atoms with van der Waals surface area (Å²) in [6.45, 7) is 4.75. The lowest BCUT2D eigenvalue weighted by Crippen LogP contribution is -2.24. The average Bonchev–Trinajstić information content (AvgIpc) is 2.72. The number of nitrogens with zero attached hydrogens (tertiary/aromatic N) is 1. The lowest BCUT2D eigenvalue weighted by atomic mass is 10.0. The quantitative estimate of drug-likeness (QED) is 0.276. The Bertz CT molecular complexity index is 498. The van der Waals surface area contributed by atoms with Crippen molar-refractivity contribution >= 4 is 5.84 Å². The van der Waals surface area contributed by atoms with Crippen LogP contribution in [0.4, 0.5) is 0 Å². The highest BCUT2D eigenvalue weighted by atomic mass is 16.5. The summed E-state index contributed by atoms with van der Waals surface area (Å²) in [5, 5.41) is 11.4. The van der Waals surface area contributed by atoms with Crippen LogP contribution in [0, 0.1) is 0 Å². The normalized spacial score (nSPS) is 16.6. The van der Waals surface area contributed by atoms with Gasteiger partial charge in [-0.2, -0.15) is 0 Å². The topological polar surface area (TPSA) is 77.1 Å². The summed E-state index contributed by atoms with van der Waals surface area (Å²) in [7, 11) is 0. The van der Waals surface area contributed by atoms with E-state index in [-0.39, 0.29) is 11.4 Å². The third-order valence-electron chi connectivity index (χ3n) is 3.27. The van der Waals surface area contributed by atoms with Crippen molar-refractivity contribution in [1.29, 1.82) is 0 Å². The van der Waals surface area contributed by atoms with Crippen LogP contribution in [0.15, 0.2) is 23.4 Å². The van der Waals surface area contributed by atoms with Crippen molar-refractivity contribution in [3.8, 4) is 11.5 Å². The van der Waals surface area contributed by atoms with Crippen LogP contribution in [0.2, 0.25) is 0 Å². The summed E-state index contributed by atoms with van der Waals surface area (Å²) < 4.78 is 11.7. The van der Waals surface area contributed by atoms with Gasteiger partial charge in [0.05, 0.1) is 6.61 Å². The lowest BCUT2D eigenvalue weighted by Gasteiger charge is -2.18. The van der Waals surface area contributed by atoms with E-state index >= 15 is 0 Å². The van der Waals surface area contributed by atoms with E-state index in [0.29, 0.717) is 13.0 Å². The van der Waals surface area contributed by atoms with Crippen molar-refractivity contribution in [3.63, 3.8) is 0 Å². The van der Waals surface area contributed by atoms with E-state index in [0.717, 1.165) is 30.8 Å². The highest BCUT2D eigenvalue weighted by Gasteiger charge is 2.32. The fourth-order valence-electron chi connectivity index (χ4n) is 2.34. The molecule has 0 radical (unpaired) electrons. The number of hydrogen-bond acceptors (Lipinski definition) is 4. The SMILES string of the molecule is CC1(C)Cc2cccc(OCCCCC(N)=NO)c2O1. The van der Waals surface area contributed by atoms with Gasteiger partial charge in [0.15, 0.2) is 11.5 Å². The first-order valence-electron chi connectivity index (χ1n) is 6.92. The molecular formula is C15H22N2O3. The minimum atomic E-state index is -0.159. The van der Waals surface area contributed by atoms with Gasteiger partial charge in [-0.25, -0.2) is 0 Å². The molecule has 2 rings (SSSR count). The van der Waals surface area contributed by atoms with Gasteiger partial charge in [-0.15, -0.1) is 0 Å². The van der Waals surface area contributed by atoms with Crippen LogP contribution < -0.4 is 15.2 Å². The third kappa shape index (κ3) is 3.56. The summed E-state index contributed by atoms with van der Waals surface area (Å²) >= 11 is 0. The standard InChI is InChI=1S/C15H22N2O3/c1-15(2)10-11-6-5-7-12(14(11)20-15)19-9-4-3-8-13(16)17-18/h5-7,18H,3-4,8-10H2,1-2H3,(H2,16,17). The smallest absolute Gasteiger partial charge is 0.165 e. The van der Waals surface area contributed by atoms with E-state index in [2.05, 4.69) is 25.1 Å². The second-order valence-electron chi connectivity index (χ2n) is 5.68. The van der Waals surface area contributed by atoms with Crippen molar-refractivity contribution in [1.82, 2.24) is 0 Å². The molecule has 0 aromatic heterocycles. The molecule has 1 aliphatic heterocycles. The van der Waals surface area contributed by atoms with Crippen LogP contribution in [0.3, 0.4) is 0 Å². The molecule has 20 heavy (non-hydrogen) atoms. The number of benzene rings is 1. The number of ether oxygens (including phenoxy) is 2. The van der Waals surface area contributed by atoms with Crippen molar-refractivity contribution in [3.05, 3.63) is 23.8 Å². The van der Waals surface area contributed by atoms with Crippen LogP contribution in [-0.2, 0) is 6.42 Å². The van der Waals surface area contributed by atoms with Crippen molar-refractivity contribution in [2.45, 2.75) is 45.1 Å². The monoisotopic (exact) mass is 278 g/mol. The first-order chi connectivity index (χ1) is 9.52. The minimum Gasteiger partial charge on any atom is -0.490 e.